The highest BCUT2D eigenvalue weighted by molar-refractivity contribution is 7.10. The van der Waals surface area contributed by atoms with E-state index in [9.17, 15) is 9.59 Å². The first kappa shape index (κ1) is 22.6. The van der Waals surface area contributed by atoms with Crippen LogP contribution in [-0.2, 0) is 4.79 Å². The van der Waals surface area contributed by atoms with Crippen LogP contribution in [0.15, 0.2) is 35.7 Å². The molecule has 1 aliphatic heterocycles. The molecule has 1 aromatic heterocycles. The van der Waals surface area contributed by atoms with Crippen LogP contribution in [-0.4, -0.2) is 44.0 Å². The SMILES string of the molecule is COc1cc(OC)cc(C(=O)N2CCC(C(=O)NC(c3cccs3)C3CCCC3)CC2)c1. The second-order valence-electron chi connectivity index (χ2n) is 8.71. The van der Waals surface area contributed by atoms with Crippen LogP contribution in [0.1, 0.15) is 59.8 Å². The van der Waals surface area contributed by atoms with Crippen LogP contribution in [0.2, 0.25) is 0 Å². The van der Waals surface area contributed by atoms with E-state index >= 15 is 0 Å². The molecule has 1 N–H and O–H groups in total. The molecule has 2 aromatic rings. The minimum absolute atomic E-state index is 0.0523. The van der Waals surface area contributed by atoms with Gasteiger partial charge in [0.15, 0.2) is 0 Å². The van der Waals surface area contributed by atoms with Crippen LogP contribution in [0, 0.1) is 11.8 Å². The van der Waals surface area contributed by atoms with Crippen molar-refractivity contribution in [3.63, 3.8) is 0 Å². The normalized spacial score (nSPS) is 18.4. The van der Waals surface area contributed by atoms with Gasteiger partial charge < -0.3 is 19.7 Å². The number of hydrogen-bond acceptors (Lipinski definition) is 5. The van der Waals surface area contributed by atoms with Crippen molar-refractivity contribution in [2.45, 2.75) is 44.6 Å². The molecule has 172 valence electrons. The maximum Gasteiger partial charge on any atom is 0.254 e. The number of nitrogens with zero attached hydrogens (tertiary/aromatic N) is 1. The Balaban J connectivity index is 1.36. The van der Waals surface area contributed by atoms with E-state index < -0.39 is 0 Å². The van der Waals surface area contributed by atoms with Crippen molar-refractivity contribution in [2.75, 3.05) is 27.3 Å². The second kappa shape index (κ2) is 10.4. The molecule has 1 aliphatic carbocycles. The van der Waals surface area contributed by atoms with E-state index in [4.69, 9.17) is 9.47 Å². The first-order chi connectivity index (χ1) is 15.6. The number of nitrogens with one attached hydrogen (secondary N) is 1. The molecule has 1 aromatic carbocycles. The summed E-state index contributed by atoms with van der Waals surface area (Å²) in [5, 5.41) is 5.46. The highest BCUT2D eigenvalue weighted by Gasteiger charge is 2.33. The number of hydrogen-bond donors (Lipinski definition) is 1. The number of likely N-dealkylation sites (tertiary alicyclic amines) is 1. The van der Waals surface area contributed by atoms with Gasteiger partial charge in [0, 0.05) is 35.5 Å². The number of methoxy groups -OCH3 is 2. The Labute approximate surface area is 193 Å². The monoisotopic (exact) mass is 456 g/mol. The van der Waals surface area contributed by atoms with Crippen molar-refractivity contribution < 1.29 is 19.1 Å². The molecule has 2 amide bonds. The van der Waals surface area contributed by atoms with Crippen LogP contribution in [0.3, 0.4) is 0 Å². The number of benzene rings is 1. The molecule has 4 rings (SSSR count). The molecule has 32 heavy (non-hydrogen) atoms. The highest BCUT2D eigenvalue weighted by atomic mass is 32.1. The Morgan fingerprint density at radius 2 is 1.69 bits per heavy atom. The van der Waals surface area contributed by atoms with Gasteiger partial charge in [0.2, 0.25) is 5.91 Å². The summed E-state index contributed by atoms with van der Waals surface area (Å²) in [7, 11) is 3.14. The van der Waals surface area contributed by atoms with E-state index in [1.165, 1.54) is 30.6 Å². The smallest absolute Gasteiger partial charge is 0.254 e. The first-order valence-electron chi connectivity index (χ1n) is 11.4. The van der Waals surface area contributed by atoms with Gasteiger partial charge in [0.25, 0.3) is 5.91 Å². The Kier molecular flexibility index (Phi) is 7.35. The lowest BCUT2D eigenvalue weighted by Crippen LogP contribution is -2.44. The number of rotatable bonds is 7. The number of carbonyl (C=O) groups is 2. The summed E-state index contributed by atoms with van der Waals surface area (Å²) in [4.78, 5) is 29.2. The van der Waals surface area contributed by atoms with Gasteiger partial charge in [0.1, 0.15) is 11.5 Å². The number of carbonyl (C=O) groups excluding carboxylic acids is 2. The third-order valence-electron chi connectivity index (χ3n) is 6.77. The lowest BCUT2D eigenvalue weighted by Gasteiger charge is -2.33. The fourth-order valence-corrected chi connectivity index (χ4v) is 5.78. The summed E-state index contributed by atoms with van der Waals surface area (Å²) in [6.45, 7) is 1.15. The van der Waals surface area contributed by atoms with E-state index in [1.807, 2.05) is 4.90 Å². The maximum atomic E-state index is 13.1. The van der Waals surface area contributed by atoms with Gasteiger partial charge in [-0.05, 0) is 55.2 Å². The highest BCUT2D eigenvalue weighted by Crippen LogP contribution is 2.38. The molecule has 2 fully saturated rings. The average molecular weight is 457 g/mol. The van der Waals surface area contributed by atoms with E-state index in [0.29, 0.717) is 48.9 Å². The van der Waals surface area contributed by atoms with Crippen LogP contribution in [0.25, 0.3) is 0 Å². The zero-order valence-electron chi connectivity index (χ0n) is 18.8. The zero-order valence-corrected chi connectivity index (χ0v) is 19.7. The molecule has 1 saturated heterocycles. The Morgan fingerprint density at radius 1 is 1.03 bits per heavy atom. The average Bonchev–Trinajstić information content (AvgIpc) is 3.56. The number of thiophene rings is 1. The van der Waals surface area contributed by atoms with Crippen LogP contribution in [0.5, 0.6) is 11.5 Å². The summed E-state index contributed by atoms with van der Waals surface area (Å²) in [6.07, 6.45) is 6.22. The Hall–Kier alpha value is -2.54. The number of ether oxygens (including phenoxy) is 2. The van der Waals surface area contributed by atoms with Crippen molar-refractivity contribution in [2.24, 2.45) is 11.8 Å². The summed E-state index contributed by atoms with van der Waals surface area (Å²) in [5.41, 5.74) is 0.545. The molecule has 1 atom stereocenters. The van der Waals surface area contributed by atoms with Crippen LogP contribution >= 0.6 is 11.3 Å². The molecule has 0 bridgehead atoms. The zero-order chi connectivity index (χ0) is 22.5. The summed E-state index contributed by atoms with van der Waals surface area (Å²) in [5.74, 6) is 1.74. The van der Waals surface area contributed by atoms with Crippen LogP contribution < -0.4 is 14.8 Å². The topological polar surface area (TPSA) is 67.9 Å². The molecular weight excluding hydrogens is 424 g/mol. The van der Waals surface area contributed by atoms with Gasteiger partial charge >= 0.3 is 0 Å². The lowest BCUT2D eigenvalue weighted by molar-refractivity contribution is -0.127. The van der Waals surface area contributed by atoms with Gasteiger partial charge in [-0.25, -0.2) is 0 Å². The Morgan fingerprint density at radius 3 is 2.25 bits per heavy atom. The van der Waals surface area contributed by atoms with E-state index in [1.54, 1.807) is 43.8 Å². The summed E-state index contributed by atoms with van der Waals surface area (Å²) in [6, 6.07) is 9.53. The molecule has 1 saturated carbocycles. The van der Waals surface area contributed by atoms with Crippen LogP contribution in [0.4, 0.5) is 0 Å². The van der Waals surface area contributed by atoms with Gasteiger partial charge in [-0.2, -0.15) is 0 Å². The summed E-state index contributed by atoms with van der Waals surface area (Å²) < 4.78 is 10.6. The summed E-state index contributed by atoms with van der Waals surface area (Å²) >= 11 is 1.73. The lowest BCUT2D eigenvalue weighted by atomic mass is 9.92. The van der Waals surface area contributed by atoms with E-state index in [-0.39, 0.29) is 23.8 Å². The molecule has 2 heterocycles. The second-order valence-corrected chi connectivity index (χ2v) is 9.69. The third-order valence-corrected chi connectivity index (χ3v) is 7.73. The minimum atomic E-state index is -0.0530. The van der Waals surface area contributed by atoms with Gasteiger partial charge in [0.05, 0.1) is 20.3 Å². The fraction of sp³-hybridized carbons (Fsp3) is 0.520. The molecule has 0 spiro atoms. The van der Waals surface area contributed by atoms with Gasteiger partial charge in [-0.3, -0.25) is 9.59 Å². The maximum absolute atomic E-state index is 13.1. The fourth-order valence-electron chi connectivity index (χ4n) is 4.91. The quantitative estimate of drug-likeness (QED) is 0.658. The largest absolute Gasteiger partial charge is 0.497 e. The first-order valence-corrected chi connectivity index (χ1v) is 12.3. The molecular formula is C25H32N2O4S. The van der Waals surface area contributed by atoms with Crippen molar-refractivity contribution in [1.82, 2.24) is 10.2 Å². The standard InChI is InChI=1S/C25H32N2O4S/c1-30-20-14-19(15-21(16-20)31-2)25(29)27-11-9-18(10-12-27)24(28)26-23(17-6-3-4-7-17)22-8-5-13-32-22/h5,8,13-18,23H,3-4,6-7,9-12H2,1-2H3,(H,26,28). The predicted octanol–water partition coefficient (Wildman–Crippen LogP) is 4.67. The molecule has 2 aliphatic rings. The van der Waals surface area contributed by atoms with Crippen molar-refractivity contribution in [3.05, 3.63) is 46.2 Å². The number of piperidine rings is 1. The van der Waals surface area contributed by atoms with Crippen molar-refractivity contribution in [3.8, 4) is 11.5 Å². The Bertz CT molecular complexity index is 894. The predicted molar refractivity (Wildman–Crippen MR) is 125 cm³/mol. The molecule has 6 nitrogen and oxygen atoms in total. The minimum Gasteiger partial charge on any atom is -0.497 e. The van der Waals surface area contributed by atoms with Gasteiger partial charge in [-0.15, -0.1) is 11.3 Å². The van der Waals surface area contributed by atoms with E-state index in [2.05, 4.69) is 22.8 Å². The van der Waals surface area contributed by atoms with Crippen molar-refractivity contribution >= 4 is 23.2 Å². The van der Waals surface area contributed by atoms with Crippen molar-refractivity contribution in [1.29, 1.82) is 0 Å². The van der Waals surface area contributed by atoms with E-state index in [0.717, 1.165) is 0 Å². The third kappa shape index (κ3) is 5.09. The molecule has 7 heteroatoms. The molecule has 0 radical (unpaired) electrons. The molecule has 1 unspecified atom stereocenters. The number of amides is 2. The van der Waals surface area contributed by atoms with Gasteiger partial charge in [-0.1, -0.05) is 18.9 Å².